The normalized spacial score (nSPS) is 17.7. The molecule has 0 radical (unpaired) electrons. The number of thiazole rings is 1. The second kappa shape index (κ2) is 7.36. The number of hydrogen-bond donors (Lipinski definition) is 2. The molecule has 21 heavy (non-hydrogen) atoms. The maximum absolute atomic E-state index is 12.2. The van der Waals surface area contributed by atoms with Gasteiger partial charge in [-0.1, -0.05) is 19.3 Å². The number of amides is 1. The average Bonchev–Trinajstić information content (AvgIpc) is 2.78. The van der Waals surface area contributed by atoms with Gasteiger partial charge in [-0.05, 0) is 38.6 Å². The quantitative estimate of drug-likeness (QED) is 0.849. The fourth-order valence-electron chi connectivity index (χ4n) is 3.28. The first-order valence-electron chi connectivity index (χ1n) is 7.94. The van der Waals surface area contributed by atoms with Crippen molar-refractivity contribution in [2.75, 3.05) is 13.1 Å². The van der Waals surface area contributed by atoms with Crippen molar-refractivity contribution in [2.45, 2.75) is 58.8 Å². The van der Waals surface area contributed by atoms with Crippen LogP contribution in [0.2, 0.25) is 0 Å². The van der Waals surface area contributed by atoms with Gasteiger partial charge in [-0.3, -0.25) is 4.79 Å². The monoisotopic (exact) mass is 309 g/mol. The number of rotatable bonds is 6. The fourth-order valence-corrected chi connectivity index (χ4v) is 4.22. The molecule has 0 saturated heterocycles. The van der Waals surface area contributed by atoms with Gasteiger partial charge in [-0.2, -0.15) is 0 Å². The van der Waals surface area contributed by atoms with Gasteiger partial charge in [0.1, 0.15) is 0 Å². The van der Waals surface area contributed by atoms with Gasteiger partial charge < -0.3 is 11.1 Å². The van der Waals surface area contributed by atoms with Crippen LogP contribution in [0.4, 0.5) is 0 Å². The van der Waals surface area contributed by atoms with Crippen molar-refractivity contribution < 1.29 is 4.79 Å². The molecule has 1 aliphatic carbocycles. The molecule has 0 spiro atoms. The second-order valence-electron chi connectivity index (χ2n) is 6.28. The second-order valence-corrected chi connectivity index (χ2v) is 7.57. The first kappa shape index (κ1) is 16.4. The molecule has 0 aliphatic heterocycles. The Kier molecular flexibility index (Phi) is 5.76. The van der Waals surface area contributed by atoms with Crippen molar-refractivity contribution in [1.82, 2.24) is 10.3 Å². The summed E-state index contributed by atoms with van der Waals surface area (Å²) in [4.78, 5) is 17.9. The molecule has 1 aromatic heterocycles. The highest BCUT2D eigenvalue weighted by molar-refractivity contribution is 7.11. The van der Waals surface area contributed by atoms with E-state index in [1.165, 1.54) is 24.1 Å². The Bertz CT molecular complexity index is 478. The molecule has 1 saturated carbocycles. The first-order valence-corrected chi connectivity index (χ1v) is 8.76. The summed E-state index contributed by atoms with van der Waals surface area (Å²) < 4.78 is 0. The number of hydrogen-bond acceptors (Lipinski definition) is 4. The molecule has 1 aromatic rings. The highest BCUT2D eigenvalue weighted by Crippen LogP contribution is 2.38. The number of nitrogens with two attached hydrogens (primary N) is 1. The lowest BCUT2D eigenvalue weighted by Crippen LogP contribution is -2.39. The maximum Gasteiger partial charge on any atom is 0.220 e. The molecular weight excluding hydrogens is 282 g/mol. The molecule has 118 valence electrons. The van der Waals surface area contributed by atoms with Crippen LogP contribution in [0.1, 0.15) is 54.1 Å². The van der Waals surface area contributed by atoms with Crippen LogP contribution >= 0.6 is 11.3 Å². The topological polar surface area (TPSA) is 68.0 Å². The van der Waals surface area contributed by atoms with Crippen LogP contribution in [0.15, 0.2) is 0 Å². The van der Waals surface area contributed by atoms with E-state index < -0.39 is 0 Å². The van der Waals surface area contributed by atoms with E-state index >= 15 is 0 Å². The summed E-state index contributed by atoms with van der Waals surface area (Å²) in [6.45, 7) is 5.38. The van der Waals surface area contributed by atoms with Crippen LogP contribution in [0.25, 0.3) is 0 Å². The summed E-state index contributed by atoms with van der Waals surface area (Å²) in [6.07, 6.45) is 7.37. The minimum absolute atomic E-state index is 0.0549. The van der Waals surface area contributed by atoms with Crippen molar-refractivity contribution >= 4 is 17.2 Å². The fraction of sp³-hybridized carbons (Fsp3) is 0.750. The van der Waals surface area contributed by atoms with Crippen LogP contribution in [0.3, 0.4) is 0 Å². The lowest BCUT2D eigenvalue weighted by atomic mass is 9.71. The third-order valence-electron chi connectivity index (χ3n) is 4.56. The number of aromatic nitrogens is 1. The third-order valence-corrected chi connectivity index (χ3v) is 5.69. The SMILES string of the molecule is Cc1nc(C)c(CCNC(=O)CC2(CN)CCCCC2)s1. The maximum atomic E-state index is 12.2. The standard InChI is InChI=1S/C16H27N3OS/c1-12-14(21-13(2)19-12)6-9-18-15(20)10-16(11-17)7-4-3-5-8-16/h3-11,17H2,1-2H3,(H,18,20). The molecule has 4 nitrogen and oxygen atoms in total. The summed E-state index contributed by atoms with van der Waals surface area (Å²) in [5.41, 5.74) is 7.09. The van der Waals surface area contributed by atoms with Gasteiger partial charge in [0.2, 0.25) is 5.91 Å². The highest BCUT2D eigenvalue weighted by Gasteiger charge is 2.32. The molecule has 0 unspecified atom stereocenters. The van der Waals surface area contributed by atoms with E-state index in [-0.39, 0.29) is 11.3 Å². The van der Waals surface area contributed by atoms with Crippen molar-refractivity contribution in [3.8, 4) is 0 Å². The van der Waals surface area contributed by atoms with Crippen LogP contribution in [0, 0.1) is 19.3 Å². The Balaban J connectivity index is 1.77. The van der Waals surface area contributed by atoms with E-state index in [1.54, 1.807) is 11.3 Å². The highest BCUT2D eigenvalue weighted by atomic mass is 32.1. The lowest BCUT2D eigenvalue weighted by Gasteiger charge is -2.35. The summed E-state index contributed by atoms with van der Waals surface area (Å²) in [5.74, 6) is 0.154. The van der Waals surface area contributed by atoms with Crippen LogP contribution in [-0.2, 0) is 11.2 Å². The largest absolute Gasteiger partial charge is 0.356 e. The Morgan fingerprint density at radius 1 is 1.33 bits per heavy atom. The van der Waals surface area contributed by atoms with Crippen LogP contribution in [-0.4, -0.2) is 24.0 Å². The minimum Gasteiger partial charge on any atom is -0.356 e. The van der Waals surface area contributed by atoms with Crippen molar-refractivity contribution in [2.24, 2.45) is 11.1 Å². The molecule has 1 amide bonds. The molecule has 1 heterocycles. The van der Waals surface area contributed by atoms with E-state index in [0.29, 0.717) is 19.5 Å². The van der Waals surface area contributed by atoms with E-state index in [0.717, 1.165) is 30.0 Å². The van der Waals surface area contributed by atoms with Gasteiger partial charge in [0.25, 0.3) is 0 Å². The number of nitrogens with zero attached hydrogens (tertiary/aromatic N) is 1. The molecule has 3 N–H and O–H groups in total. The first-order chi connectivity index (χ1) is 10.0. The molecular formula is C16H27N3OS. The summed E-state index contributed by atoms with van der Waals surface area (Å²) in [5, 5.41) is 4.15. The van der Waals surface area contributed by atoms with Crippen molar-refractivity contribution in [1.29, 1.82) is 0 Å². The molecule has 1 fully saturated rings. The number of aryl methyl sites for hydroxylation is 2. The zero-order valence-corrected chi connectivity index (χ0v) is 14.0. The number of nitrogens with one attached hydrogen (secondary N) is 1. The van der Waals surface area contributed by atoms with Gasteiger partial charge in [-0.15, -0.1) is 11.3 Å². The molecule has 0 bridgehead atoms. The zero-order chi connectivity index (χ0) is 15.3. The predicted octanol–water partition coefficient (Wildman–Crippen LogP) is 2.72. The Labute approximate surface area is 131 Å². The van der Waals surface area contributed by atoms with E-state index in [1.807, 2.05) is 13.8 Å². The molecule has 2 rings (SSSR count). The predicted molar refractivity (Wildman–Crippen MR) is 87.5 cm³/mol. The summed E-state index contributed by atoms with van der Waals surface area (Å²) in [7, 11) is 0. The molecule has 0 aromatic carbocycles. The summed E-state index contributed by atoms with van der Waals surface area (Å²) in [6, 6.07) is 0. The van der Waals surface area contributed by atoms with Gasteiger partial charge in [0, 0.05) is 24.3 Å². The van der Waals surface area contributed by atoms with Crippen molar-refractivity contribution in [3.63, 3.8) is 0 Å². The van der Waals surface area contributed by atoms with E-state index in [9.17, 15) is 4.79 Å². The van der Waals surface area contributed by atoms with Gasteiger partial charge in [0.05, 0.1) is 10.7 Å². The number of carbonyl (C=O) groups excluding carboxylic acids is 1. The molecule has 1 aliphatic rings. The smallest absolute Gasteiger partial charge is 0.220 e. The Hall–Kier alpha value is -0.940. The Morgan fingerprint density at radius 3 is 2.62 bits per heavy atom. The van der Waals surface area contributed by atoms with Gasteiger partial charge >= 0.3 is 0 Å². The zero-order valence-electron chi connectivity index (χ0n) is 13.2. The Morgan fingerprint density at radius 2 is 2.05 bits per heavy atom. The van der Waals surface area contributed by atoms with Gasteiger partial charge in [0.15, 0.2) is 0 Å². The van der Waals surface area contributed by atoms with Crippen molar-refractivity contribution in [3.05, 3.63) is 15.6 Å². The summed E-state index contributed by atoms with van der Waals surface area (Å²) >= 11 is 1.72. The lowest BCUT2D eigenvalue weighted by molar-refractivity contribution is -0.123. The van der Waals surface area contributed by atoms with E-state index in [2.05, 4.69) is 10.3 Å². The van der Waals surface area contributed by atoms with Crippen LogP contribution < -0.4 is 11.1 Å². The number of carbonyl (C=O) groups is 1. The third kappa shape index (κ3) is 4.51. The average molecular weight is 309 g/mol. The molecule has 0 atom stereocenters. The van der Waals surface area contributed by atoms with Gasteiger partial charge in [-0.25, -0.2) is 4.98 Å². The molecule has 5 heteroatoms. The minimum atomic E-state index is 0.0549. The van der Waals surface area contributed by atoms with Crippen LogP contribution in [0.5, 0.6) is 0 Å². The van der Waals surface area contributed by atoms with E-state index in [4.69, 9.17) is 5.73 Å².